The lowest BCUT2D eigenvalue weighted by Gasteiger charge is -2.19. The molecule has 0 bridgehead atoms. The predicted octanol–water partition coefficient (Wildman–Crippen LogP) is 5.53. The highest BCUT2D eigenvalue weighted by molar-refractivity contribution is 6.33. The molecule has 2 heterocycles. The summed E-state index contributed by atoms with van der Waals surface area (Å²) in [5, 5.41) is 11.8. The molecule has 0 fully saturated rings. The lowest BCUT2D eigenvalue weighted by atomic mass is 10.2. The van der Waals surface area contributed by atoms with Crippen LogP contribution in [0.15, 0.2) is 12.1 Å². The molecule has 14 heteroatoms. The molecular weight excluding hydrogens is 573 g/mol. The van der Waals surface area contributed by atoms with Crippen molar-refractivity contribution in [2.24, 2.45) is 0 Å². The maximum absolute atomic E-state index is 11.5. The molecular formula is C25H38Cl3N5O6. The summed E-state index contributed by atoms with van der Waals surface area (Å²) in [6, 6.07) is 3.04. The van der Waals surface area contributed by atoms with Gasteiger partial charge in [0.2, 0.25) is 5.88 Å². The number of esters is 1. The zero-order valence-corrected chi connectivity index (χ0v) is 25.9. The van der Waals surface area contributed by atoms with Gasteiger partial charge in [-0.05, 0) is 61.8 Å². The van der Waals surface area contributed by atoms with Crippen LogP contribution in [-0.2, 0) is 14.3 Å². The average molecular weight is 611 g/mol. The van der Waals surface area contributed by atoms with Gasteiger partial charge in [0.1, 0.15) is 38.3 Å². The number of hydrogen-bond acceptors (Lipinski definition) is 10. The highest BCUT2D eigenvalue weighted by Crippen LogP contribution is 2.14. The van der Waals surface area contributed by atoms with Crippen molar-refractivity contribution in [2.75, 3.05) is 19.8 Å². The minimum absolute atomic E-state index is 0.0702. The largest absolute Gasteiger partial charge is 0.478 e. The third-order valence-corrected chi connectivity index (χ3v) is 4.11. The van der Waals surface area contributed by atoms with E-state index in [-0.39, 0.29) is 19.1 Å². The Kier molecular flexibility index (Phi) is 16.8. The van der Waals surface area contributed by atoms with E-state index in [0.29, 0.717) is 52.4 Å². The number of aryl methyl sites for hydroxylation is 2. The molecule has 2 aromatic rings. The molecule has 0 atom stereocenters. The van der Waals surface area contributed by atoms with E-state index in [1.165, 1.54) is 6.07 Å². The summed E-state index contributed by atoms with van der Waals surface area (Å²) in [4.78, 5) is 37.8. The van der Waals surface area contributed by atoms with Gasteiger partial charge in [-0.25, -0.2) is 19.7 Å². The van der Waals surface area contributed by atoms with E-state index in [2.05, 4.69) is 25.3 Å². The van der Waals surface area contributed by atoms with Gasteiger partial charge >= 0.3 is 12.1 Å². The molecule has 1 amide bonds. The number of ether oxygens (including phenoxy) is 3. The fourth-order valence-corrected chi connectivity index (χ4v) is 3.06. The fraction of sp³-hybridized carbons (Fsp3) is 0.600. The van der Waals surface area contributed by atoms with E-state index >= 15 is 0 Å². The van der Waals surface area contributed by atoms with Gasteiger partial charge in [0.25, 0.3) is 0 Å². The molecule has 2 rings (SSSR count). The van der Waals surface area contributed by atoms with Crippen molar-refractivity contribution in [2.45, 2.75) is 79.4 Å². The second kappa shape index (κ2) is 18.0. The molecule has 39 heavy (non-hydrogen) atoms. The first kappa shape index (κ1) is 36.5. The maximum atomic E-state index is 11.5. The van der Waals surface area contributed by atoms with Gasteiger partial charge in [0, 0.05) is 25.1 Å². The van der Waals surface area contributed by atoms with Gasteiger partial charge in [0.05, 0.1) is 13.2 Å². The van der Waals surface area contributed by atoms with Crippen molar-refractivity contribution in [1.82, 2.24) is 25.3 Å². The molecule has 0 radical (unpaired) electrons. The molecule has 0 aliphatic rings. The SMILES string of the molecule is CC(C)(C)OC(=O)NCCO.Cc1nc(Cl)cc(Cl)n1.Cc1nc(Cl)cc(OCCCC(=O)OC(C)(C)C)n1. The van der Waals surface area contributed by atoms with Crippen LogP contribution in [0.2, 0.25) is 15.5 Å². The maximum Gasteiger partial charge on any atom is 0.407 e. The minimum atomic E-state index is -0.494. The highest BCUT2D eigenvalue weighted by atomic mass is 35.5. The quantitative estimate of drug-likeness (QED) is 0.233. The number of aliphatic hydroxyl groups excluding tert-OH is 1. The summed E-state index contributed by atoms with van der Waals surface area (Å²) in [6.45, 7) is 14.9. The zero-order chi connectivity index (χ0) is 30.2. The highest BCUT2D eigenvalue weighted by Gasteiger charge is 2.16. The number of hydrogen-bond donors (Lipinski definition) is 2. The van der Waals surface area contributed by atoms with Gasteiger partial charge in [-0.1, -0.05) is 34.8 Å². The molecule has 2 aromatic heterocycles. The van der Waals surface area contributed by atoms with Gasteiger partial charge in [-0.3, -0.25) is 4.79 Å². The first-order chi connectivity index (χ1) is 17.9. The standard InChI is InChI=1S/C13H19ClN2O3.C7H15NO3.C5H4Cl2N2/c1-9-15-10(14)8-11(16-9)18-7-5-6-12(17)19-13(2,3)4;1-7(2,3)11-6(10)8-4-5-9;1-3-8-4(6)2-5(7)9-3/h8H,5-7H2,1-4H3;9H,4-5H2,1-3H3,(H,8,10);2H,1H3. The molecule has 11 nitrogen and oxygen atoms in total. The average Bonchev–Trinajstić information content (AvgIpc) is 2.72. The van der Waals surface area contributed by atoms with E-state index in [1.54, 1.807) is 40.7 Å². The van der Waals surface area contributed by atoms with E-state index in [0.717, 1.165) is 0 Å². The number of carbonyl (C=O) groups is 2. The van der Waals surface area contributed by atoms with Crippen molar-refractivity contribution >= 4 is 46.9 Å². The molecule has 0 aliphatic carbocycles. The van der Waals surface area contributed by atoms with Crippen LogP contribution in [0.4, 0.5) is 4.79 Å². The number of nitrogens with one attached hydrogen (secondary N) is 1. The van der Waals surface area contributed by atoms with Crippen LogP contribution in [0.25, 0.3) is 0 Å². The second-order valence-electron chi connectivity index (χ2n) is 9.83. The lowest BCUT2D eigenvalue weighted by Crippen LogP contribution is -2.33. The summed E-state index contributed by atoms with van der Waals surface area (Å²) in [5.74, 6) is 1.33. The van der Waals surface area contributed by atoms with E-state index < -0.39 is 17.3 Å². The number of halogens is 3. The van der Waals surface area contributed by atoms with Crippen molar-refractivity contribution in [3.8, 4) is 5.88 Å². The molecule has 220 valence electrons. The van der Waals surface area contributed by atoms with Crippen LogP contribution in [-0.4, -0.2) is 68.1 Å². The summed E-state index contributed by atoms with van der Waals surface area (Å²) in [7, 11) is 0. The van der Waals surface area contributed by atoms with Crippen LogP contribution in [0.1, 0.15) is 66.0 Å². The zero-order valence-electron chi connectivity index (χ0n) is 23.6. The predicted molar refractivity (Wildman–Crippen MR) is 150 cm³/mol. The summed E-state index contributed by atoms with van der Waals surface area (Å²) >= 11 is 16.8. The molecule has 0 saturated carbocycles. The third kappa shape index (κ3) is 22.1. The third-order valence-electron chi connectivity index (χ3n) is 3.53. The topological polar surface area (TPSA) is 146 Å². The smallest absolute Gasteiger partial charge is 0.407 e. The summed E-state index contributed by atoms with van der Waals surface area (Å²) in [5.41, 5.74) is -0.922. The number of amides is 1. The van der Waals surface area contributed by atoms with Crippen LogP contribution in [0.5, 0.6) is 5.88 Å². The van der Waals surface area contributed by atoms with Crippen molar-refractivity contribution in [3.63, 3.8) is 0 Å². The Bertz CT molecular complexity index is 975. The number of aromatic nitrogens is 4. The van der Waals surface area contributed by atoms with Crippen molar-refractivity contribution < 1.29 is 28.9 Å². The Morgan fingerprint density at radius 3 is 1.77 bits per heavy atom. The Balaban J connectivity index is 0.000000611. The molecule has 0 spiro atoms. The number of carbonyl (C=O) groups excluding carboxylic acids is 2. The van der Waals surface area contributed by atoms with Gasteiger partial charge < -0.3 is 24.6 Å². The van der Waals surface area contributed by atoms with Crippen LogP contribution in [0, 0.1) is 13.8 Å². The minimum Gasteiger partial charge on any atom is -0.478 e. The van der Waals surface area contributed by atoms with Crippen molar-refractivity contribution in [3.05, 3.63) is 39.2 Å². The summed E-state index contributed by atoms with van der Waals surface area (Å²) < 4.78 is 15.5. The van der Waals surface area contributed by atoms with Crippen LogP contribution in [0.3, 0.4) is 0 Å². The van der Waals surface area contributed by atoms with E-state index in [4.69, 9.17) is 54.1 Å². The van der Waals surface area contributed by atoms with Crippen LogP contribution >= 0.6 is 34.8 Å². The molecule has 0 aromatic carbocycles. The Labute approximate surface area is 245 Å². The van der Waals surface area contributed by atoms with Gasteiger partial charge in [0.15, 0.2) is 0 Å². The Hall–Kier alpha value is -2.47. The Morgan fingerprint density at radius 2 is 1.33 bits per heavy atom. The van der Waals surface area contributed by atoms with E-state index in [9.17, 15) is 9.59 Å². The normalized spacial score (nSPS) is 10.8. The first-order valence-electron chi connectivity index (χ1n) is 12.0. The number of aliphatic hydroxyl groups is 1. The molecule has 0 saturated heterocycles. The van der Waals surface area contributed by atoms with Crippen LogP contribution < -0.4 is 10.1 Å². The Morgan fingerprint density at radius 1 is 0.846 bits per heavy atom. The molecule has 0 unspecified atom stereocenters. The second-order valence-corrected chi connectivity index (χ2v) is 11.0. The van der Waals surface area contributed by atoms with Gasteiger partial charge in [-0.15, -0.1) is 0 Å². The number of alkyl carbamates (subject to hydrolysis) is 1. The van der Waals surface area contributed by atoms with E-state index in [1.807, 2.05) is 20.8 Å². The number of rotatable bonds is 7. The van der Waals surface area contributed by atoms with Gasteiger partial charge in [-0.2, -0.15) is 4.98 Å². The molecule has 2 N–H and O–H groups in total. The lowest BCUT2D eigenvalue weighted by molar-refractivity contribution is -0.155. The number of nitrogens with zero attached hydrogens (tertiary/aromatic N) is 4. The monoisotopic (exact) mass is 609 g/mol. The van der Waals surface area contributed by atoms with Crippen molar-refractivity contribution in [1.29, 1.82) is 0 Å². The first-order valence-corrected chi connectivity index (χ1v) is 13.1. The fourth-order valence-electron chi connectivity index (χ4n) is 2.33. The summed E-state index contributed by atoms with van der Waals surface area (Å²) in [6.07, 6.45) is 0.386. The molecule has 0 aliphatic heterocycles.